The SMILES string of the molecule is Fc1ccccc1N1CCN(c2nncc(N3CCOCC3)n2)CC1. The highest BCUT2D eigenvalue weighted by atomic mass is 19.1. The Hall–Kier alpha value is -2.48. The molecule has 0 N–H and O–H groups in total. The maximum Gasteiger partial charge on any atom is 0.247 e. The minimum absolute atomic E-state index is 0.178. The summed E-state index contributed by atoms with van der Waals surface area (Å²) in [5, 5.41) is 8.30. The predicted molar refractivity (Wildman–Crippen MR) is 93.7 cm³/mol. The Morgan fingerprint density at radius 3 is 2.36 bits per heavy atom. The molecule has 0 spiro atoms. The molecule has 2 fully saturated rings. The van der Waals surface area contributed by atoms with Crippen molar-refractivity contribution in [2.75, 3.05) is 67.2 Å². The number of ether oxygens (including phenoxy) is 1. The smallest absolute Gasteiger partial charge is 0.247 e. The van der Waals surface area contributed by atoms with Gasteiger partial charge in [0.2, 0.25) is 5.95 Å². The third kappa shape index (κ3) is 3.48. The van der Waals surface area contributed by atoms with E-state index in [1.54, 1.807) is 12.3 Å². The molecule has 0 aliphatic carbocycles. The lowest BCUT2D eigenvalue weighted by atomic mass is 10.2. The minimum Gasteiger partial charge on any atom is -0.378 e. The third-order valence-corrected chi connectivity index (χ3v) is 4.63. The Bertz CT molecular complexity index is 716. The maximum atomic E-state index is 13.9. The highest BCUT2D eigenvalue weighted by Crippen LogP contribution is 2.22. The second kappa shape index (κ2) is 7.18. The predicted octanol–water partition coefficient (Wildman–Crippen LogP) is 1.17. The summed E-state index contributed by atoms with van der Waals surface area (Å²) >= 11 is 0. The normalized spacial score (nSPS) is 18.5. The van der Waals surface area contributed by atoms with Gasteiger partial charge in [-0.2, -0.15) is 10.1 Å². The van der Waals surface area contributed by atoms with E-state index in [0.717, 1.165) is 45.1 Å². The number of benzene rings is 1. The molecule has 7 nitrogen and oxygen atoms in total. The first-order valence-corrected chi connectivity index (χ1v) is 8.58. The molecule has 0 unspecified atom stereocenters. The van der Waals surface area contributed by atoms with Crippen LogP contribution in [0.2, 0.25) is 0 Å². The van der Waals surface area contributed by atoms with Crippen LogP contribution in [0.15, 0.2) is 30.5 Å². The number of nitrogens with zero attached hydrogens (tertiary/aromatic N) is 6. The Balaban J connectivity index is 1.43. The van der Waals surface area contributed by atoms with E-state index in [-0.39, 0.29) is 5.82 Å². The van der Waals surface area contributed by atoms with Crippen LogP contribution in [0.5, 0.6) is 0 Å². The van der Waals surface area contributed by atoms with Gasteiger partial charge in [-0.3, -0.25) is 0 Å². The van der Waals surface area contributed by atoms with Gasteiger partial charge in [0, 0.05) is 39.3 Å². The van der Waals surface area contributed by atoms with Crippen LogP contribution in [-0.4, -0.2) is 67.7 Å². The van der Waals surface area contributed by atoms with Crippen molar-refractivity contribution in [3.8, 4) is 0 Å². The van der Waals surface area contributed by atoms with Crippen LogP contribution >= 0.6 is 0 Å². The number of rotatable bonds is 3. The summed E-state index contributed by atoms with van der Waals surface area (Å²) in [7, 11) is 0. The van der Waals surface area contributed by atoms with Crippen molar-refractivity contribution in [2.45, 2.75) is 0 Å². The summed E-state index contributed by atoms with van der Waals surface area (Å²) in [6.45, 7) is 5.99. The molecule has 25 heavy (non-hydrogen) atoms. The summed E-state index contributed by atoms with van der Waals surface area (Å²) in [5.74, 6) is 1.30. The first-order valence-electron chi connectivity index (χ1n) is 8.58. The zero-order valence-corrected chi connectivity index (χ0v) is 14.0. The maximum absolute atomic E-state index is 13.9. The fraction of sp³-hybridized carbons (Fsp3) is 0.471. The zero-order chi connectivity index (χ0) is 17.1. The van der Waals surface area contributed by atoms with Gasteiger partial charge in [-0.25, -0.2) is 4.39 Å². The fourth-order valence-corrected chi connectivity index (χ4v) is 3.22. The van der Waals surface area contributed by atoms with Crippen molar-refractivity contribution in [3.63, 3.8) is 0 Å². The number of halogens is 1. The van der Waals surface area contributed by atoms with Crippen LogP contribution in [0.1, 0.15) is 0 Å². The second-order valence-electron chi connectivity index (χ2n) is 6.14. The molecule has 2 saturated heterocycles. The van der Waals surface area contributed by atoms with Gasteiger partial charge in [-0.15, -0.1) is 5.10 Å². The summed E-state index contributed by atoms with van der Waals surface area (Å²) in [5.41, 5.74) is 0.656. The van der Waals surface area contributed by atoms with E-state index in [1.165, 1.54) is 6.07 Å². The van der Waals surface area contributed by atoms with E-state index >= 15 is 0 Å². The molecule has 2 aliphatic rings. The van der Waals surface area contributed by atoms with E-state index in [9.17, 15) is 4.39 Å². The van der Waals surface area contributed by atoms with Crippen molar-refractivity contribution in [1.29, 1.82) is 0 Å². The highest BCUT2D eigenvalue weighted by molar-refractivity contribution is 5.50. The number of anilines is 3. The minimum atomic E-state index is -0.178. The van der Waals surface area contributed by atoms with E-state index in [4.69, 9.17) is 4.74 Å². The first-order chi connectivity index (χ1) is 12.3. The lowest BCUT2D eigenvalue weighted by Crippen LogP contribution is -2.47. The number of para-hydroxylation sites is 1. The number of morpholine rings is 1. The lowest BCUT2D eigenvalue weighted by molar-refractivity contribution is 0.122. The van der Waals surface area contributed by atoms with Gasteiger partial charge in [-0.1, -0.05) is 12.1 Å². The van der Waals surface area contributed by atoms with Crippen LogP contribution in [0.25, 0.3) is 0 Å². The number of hydrogen-bond acceptors (Lipinski definition) is 7. The molecule has 0 saturated carbocycles. The summed E-state index contributed by atoms with van der Waals surface area (Å²) in [6, 6.07) is 6.90. The zero-order valence-electron chi connectivity index (χ0n) is 14.0. The Morgan fingerprint density at radius 2 is 1.60 bits per heavy atom. The number of hydrogen-bond donors (Lipinski definition) is 0. The highest BCUT2D eigenvalue weighted by Gasteiger charge is 2.22. The molecule has 1 aromatic carbocycles. The molecular weight excluding hydrogens is 323 g/mol. The van der Waals surface area contributed by atoms with E-state index in [1.807, 2.05) is 12.1 Å². The Morgan fingerprint density at radius 1 is 0.880 bits per heavy atom. The Labute approximate surface area is 146 Å². The fourth-order valence-electron chi connectivity index (χ4n) is 3.22. The van der Waals surface area contributed by atoms with E-state index in [2.05, 4.69) is 29.9 Å². The standard InChI is InChI=1S/C17H21FN6O/c18-14-3-1-2-4-15(14)22-5-7-24(8-6-22)17-20-16(13-19-21-17)23-9-11-25-12-10-23/h1-4,13H,5-12H2. The first kappa shape index (κ1) is 16.0. The molecule has 3 heterocycles. The van der Waals surface area contributed by atoms with Crippen LogP contribution in [0.4, 0.5) is 21.8 Å². The quantitative estimate of drug-likeness (QED) is 0.828. The molecule has 132 valence electrons. The van der Waals surface area contributed by atoms with Crippen LogP contribution in [0, 0.1) is 5.82 Å². The summed E-state index contributed by atoms with van der Waals surface area (Å²) in [6.07, 6.45) is 1.70. The van der Waals surface area contributed by atoms with E-state index < -0.39 is 0 Å². The molecular formula is C17H21FN6O. The summed E-state index contributed by atoms with van der Waals surface area (Å²) in [4.78, 5) is 11.0. The molecule has 2 aromatic rings. The lowest BCUT2D eigenvalue weighted by Gasteiger charge is -2.36. The monoisotopic (exact) mass is 344 g/mol. The van der Waals surface area contributed by atoms with Gasteiger partial charge in [0.05, 0.1) is 25.1 Å². The van der Waals surface area contributed by atoms with Gasteiger partial charge in [0.1, 0.15) is 5.82 Å². The van der Waals surface area contributed by atoms with E-state index in [0.29, 0.717) is 24.8 Å². The van der Waals surface area contributed by atoms with Crippen molar-refractivity contribution >= 4 is 17.5 Å². The molecule has 1 aromatic heterocycles. The van der Waals surface area contributed by atoms with Crippen LogP contribution in [0.3, 0.4) is 0 Å². The average molecular weight is 344 g/mol. The van der Waals surface area contributed by atoms with Gasteiger partial charge in [0.15, 0.2) is 5.82 Å². The third-order valence-electron chi connectivity index (χ3n) is 4.63. The Kier molecular flexibility index (Phi) is 4.60. The molecule has 8 heteroatoms. The summed E-state index contributed by atoms with van der Waals surface area (Å²) < 4.78 is 19.3. The topological polar surface area (TPSA) is 57.6 Å². The molecule has 4 rings (SSSR count). The van der Waals surface area contributed by atoms with Gasteiger partial charge in [-0.05, 0) is 12.1 Å². The molecule has 0 amide bonds. The molecule has 0 bridgehead atoms. The molecule has 0 radical (unpaired) electrons. The number of piperazine rings is 1. The van der Waals surface area contributed by atoms with Crippen molar-refractivity contribution in [2.24, 2.45) is 0 Å². The van der Waals surface area contributed by atoms with Gasteiger partial charge < -0.3 is 19.4 Å². The molecule has 2 aliphatic heterocycles. The van der Waals surface area contributed by atoms with Crippen LogP contribution < -0.4 is 14.7 Å². The molecule has 0 atom stereocenters. The van der Waals surface area contributed by atoms with Crippen molar-refractivity contribution in [1.82, 2.24) is 15.2 Å². The van der Waals surface area contributed by atoms with Gasteiger partial charge in [0.25, 0.3) is 0 Å². The average Bonchev–Trinajstić information content (AvgIpc) is 2.69. The number of aromatic nitrogens is 3. The second-order valence-corrected chi connectivity index (χ2v) is 6.14. The van der Waals surface area contributed by atoms with Gasteiger partial charge >= 0.3 is 0 Å². The largest absolute Gasteiger partial charge is 0.378 e. The van der Waals surface area contributed by atoms with Crippen molar-refractivity contribution in [3.05, 3.63) is 36.3 Å². The van der Waals surface area contributed by atoms with Crippen molar-refractivity contribution < 1.29 is 9.13 Å². The van der Waals surface area contributed by atoms with Crippen LogP contribution in [-0.2, 0) is 4.74 Å².